The van der Waals surface area contributed by atoms with Crippen LogP contribution < -0.4 is 5.73 Å². The Balaban J connectivity index is 4.49. The van der Waals surface area contributed by atoms with Crippen LogP contribution in [-0.2, 0) is 37.5 Å². The minimum atomic E-state index is -4.73. The molecular formula is C45H76NO10P. The fraction of sp³-hybridized carbons (Fsp3) is 0.667. The number of carboxylic acid groups (broad SMARTS) is 1. The third-order valence-electron chi connectivity index (χ3n) is 8.82. The largest absolute Gasteiger partial charge is 0.480 e. The lowest BCUT2D eigenvalue weighted by atomic mass is 10.0. The van der Waals surface area contributed by atoms with Gasteiger partial charge in [-0.15, -0.1) is 0 Å². The molecule has 57 heavy (non-hydrogen) atoms. The van der Waals surface area contributed by atoms with Gasteiger partial charge in [-0.1, -0.05) is 170 Å². The standard InChI is InChI=1S/C45H76NO10P/c1-3-5-7-9-11-13-15-17-19-20-21-23-24-26-28-30-32-34-36-43(47)53-38-41(39-54-57(51,52)55-40-42(46)45(49)50)56-44(48)37-35-33-31-29-27-25-22-18-16-14-12-10-8-6-4-2/h3,5,9,11,15,17,20-21,24,26,30,32,41-42H,4,6-8,10,12-14,16,18-19,22-23,25,27-29,31,33-40,46H2,1-2H3,(H,49,50)(H,51,52)/b5-3-,11-9-,17-15-,21-20-,26-24-,32-30-/t41-,42+/m1/s1. The van der Waals surface area contributed by atoms with E-state index < -0.39 is 51.1 Å². The first-order valence-electron chi connectivity index (χ1n) is 21.4. The molecule has 0 fully saturated rings. The van der Waals surface area contributed by atoms with Crippen molar-refractivity contribution in [2.45, 2.75) is 174 Å². The highest BCUT2D eigenvalue weighted by Crippen LogP contribution is 2.43. The van der Waals surface area contributed by atoms with Gasteiger partial charge in [0, 0.05) is 12.8 Å². The van der Waals surface area contributed by atoms with E-state index in [0.717, 1.165) is 51.4 Å². The molecular weight excluding hydrogens is 745 g/mol. The van der Waals surface area contributed by atoms with Crippen LogP contribution in [0, 0.1) is 0 Å². The average molecular weight is 822 g/mol. The molecule has 326 valence electrons. The highest BCUT2D eigenvalue weighted by Gasteiger charge is 2.28. The van der Waals surface area contributed by atoms with E-state index in [0.29, 0.717) is 12.8 Å². The van der Waals surface area contributed by atoms with Crippen LogP contribution in [0.1, 0.15) is 162 Å². The van der Waals surface area contributed by atoms with Crippen LogP contribution in [0.15, 0.2) is 72.9 Å². The Morgan fingerprint density at radius 1 is 0.579 bits per heavy atom. The van der Waals surface area contributed by atoms with Gasteiger partial charge in [-0.3, -0.25) is 23.4 Å². The summed E-state index contributed by atoms with van der Waals surface area (Å²) in [6, 6.07) is -1.53. The number of hydrogen-bond donors (Lipinski definition) is 3. The summed E-state index contributed by atoms with van der Waals surface area (Å²) in [6.45, 7) is 2.50. The summed E-state index contributed by atoms with van der Waals surface area (Å²) in [6.07, 6.45) is 47.0. The van der Waals surface area contributed by atoms with E-state index in [1.54, 1.807) is 0 Å². The molecule has 0 aliphatic carbocycles. The third kappa shape index (κ3) is 39.5. The van der Waals surface area contributed by atoms with Crippen LogP contribution in [0.4, 0.5) is 0 Å². The first-order chi connectivity index (χ1) is 27.6. The maximum atomic E-state index is 12.6. The van der Waals surface area contributed by atoms with Crippen LogP contribution in [0.25, 0.3) is 0 Å². The first-order valence-corrected chi connectivity index (χ1v) is 22.9. The third-order valence-corrected chi connectivity index (χ3v) is 9.77. The van der Waals surface area contributed by atoms with Crippen molar-refractivity contribution in [3.8, 4) is 0 Å². The maximum absolute atomic E-state index is 12.6. The van der Waals surface area contributed by atoms with Crippen LogP contribution in [0.3, 0.4) is 0 Å². The van der Waals surface area contributed by atoms with Crippen molar-refractivity contribution in [3.63, 3.8) is 0 Å². The molecule has 0 saturated carbocycles. The Morgan fingerprint density at radius 3 is 1.46 bits per heavy atom. The number of esters is 2. The lowest BCUT2D eigenvalue weighted by Crippen LogP contribution is -2.34. The average Bonchev–Trinajstić information content (AvgIpc) is 3.19. The highest BCUT2D eigenvalue weighted by atomic mass is 31.2. The Hall–Kier alpha value is -3.08. The molecule has 0 bridgehead atoms. The van der Waals surface area contributed by atoms with Crippen LogP contribution in [-0.4, -0.2) is 59.9 Å². The van der Waals surface area contributed by atoms with E-state index in [4.69, 9.17) is 24.8 Å². The molecule has 12 heteroatoms. The molecule has 0 aromatic carbocycles. The summed E-state index contributed by atoms with van der Waals surface area (Å²) in [5.41, 5.74) is 5.33. The number of phosphoric acid groups is 1. The van der Waals surface area contributed by atoms with Gasteiger partial charge in [-0.2, -0.15) is 0 Å². The van der Waals surface area contributed by atoms with Gasteiger partial charge in [0.15, 0.2) is 6.10 Å². The molecule has 0 heterocycles. The van der Waals surface area contributed by atoms with Crippen LogP contribution in [0.5, 0.6) is 0 Å². The second kappa shape index (κ2) is 39.7. The smallest absolute Gasteiger partial charge is 0.472 e. The number of rotatable bonds is 39. The van der Waals surface area contributed by atoms with Crippen molar-refractivity contribution in [2.75, 3.05) is 19.8 Å². The number of nitrogens with two attached hydrogens (primary N) is 1. The number of phosphoric ester groups is 1. The Bertz CT molecular complexity index is 1240. The zero-order valence-corrected chi connectivity index (χ0v) is 36.0. The van der Waals surface area contributed by atoms with Gasteiger partial charge in [0.05, 0.1) is 13.2 Å². The van der Waals surface area contributed by atoms with Gasteiger partial charge in [0.1, 0.15) is 12.6 Å². The molecule has 3 atom stereocenters. The number of carbonyl (C=O) groups is 3. The minimum absolute atomic E-state index is 0.0946. The van der Waals surface area contributed by atoms with Gasteiger partial charge in [-0.25, -0.2) is 4.57 Å². The van der Waals surface area contributed by atoms with E-state index in [1.807, 2.05) is 25.2 Å². The molecule has 1 unspecified atom stereocenters. The van der Waals surface area contributed by atoms with Gasteiger partial charge in [0.25, 0.3) is 0 Å². The van der Waals surface area contributed by atoms with E-state index in [2.05, 4.69) is 66.1 Å². The van der Waals surface area contributed by atoms with E-state index in [1.165, 1.54) is 70.6 Å². The topological polar surface area (TPSA) is 172 Å². The number of carbonyl (C=O) groups excluding carboxylic acids is 2. The summed E-state index contributed by atoms with van der Waals surface area (Å²) in [7, 11) is -4.73. The molecule has 0 saturated heterocycles. The lowest BCUT2D eigenvalue weighted by molar-refractivity contribution is -0.161. The lowest BCUT2D eigenvalue weighted by Gasteiger charge is -2.20. The van der Waals surface area contributed by atoms with Crippen LogP contribution in [0.2, 0.25) is 0 Å². The number of unbranched alkanes of at least 4 members (excludes halogenated alkanes) is 14. The van der Waals surface area contributed by atoms with Crippen molar-refractivity contribution >= 4 is 25.7 Å². The number of allylic oxidation sites excluding steroid dienone is 12. The molecule has 4 N–H and O–H groups in total. The normalized spacial score (nSPS) is 14.5. The number of ether oxygens (including phenoxy) is 2. The highest BCUT2D eigenvalue weighted by molar-refractivity contribution is 7.47. The Morgan fingerprint density at radius 2 is 1.00 bits per heavy atom. The van der Waals surface area contributed by atoms with E-state index in [-0.39, 0.29) is 19.4 Å². The second-order valence-electron chi connectivity index (χ2n) is 14.1. The van der Waals surface area contributed by atoms with Crippen molar-refractivity contribution < 1.29 is 47.5 Å². The minimum Gasteiger partial charge on any atom is -0.480 e. The van der Waals surface area contributed by atoms with E-state index in [9.17, 15) is 23.8 Å². The van der Waals surface area contributed by atoms with Gasteiger partial charge in [0.2, 0.25) is 0 Å². The first kappa shape index (κ1) is 53.9. The predicted molar refractivity (Wildman–Crippen MR) is 231 cm³/mol. The molecule has 0 radical (unpaired) electrons. The predicted octanol–water partition coefficient (Wildman–Crippen LogP) is 11.3. The molecule has 0 aliphatic rings. The summed E-state index contributed by atoms with van der Waals surface area (Å²) >= 11 is 0. The fourth-order valence-electron chi connectivity index (χ4n) is 5.43. The van der Waals surface area contributed by atoms with Crippen molar-refractivity contribution in [1.82, 2.24) is 0 Å². The Labute approximate surface area is 344 Å². The van der Waals surface area contributed by atoms with Crippen molar-refractivity contribution in [1.29, 1.82) is 0 Å². The summed E-state index contributed by atoms with van der Waals surface area (Å²) in [5, 5.41) is 8.88. The van der Waals surface area contributed by atoms with Gasteiger partial charge < -0.3 is 25.2 Å². The molecule has 11 nitrogen and oxygen atoms in total. The molecule has 0 spiro atoms. The summed E-state index contributed by atoms with van der Waals surface area (Å²) < 4.78 is 32.6. The number of aliphatic carboxylic acids is 1. The van der Waals surface area contributed by atoms with Crippen LogP contribution >= 0.6 is 7.82 Å². The summed E-state index contributed by atoms with van der Waals surface area (Å²) in [5.74, 6) is -2.49. The second-order valence-corrected chi connectivity index (χ2v) is 15.6. The van der Waals surface area contributed by atoms with Crippen molar-refractivity contribution in [2.24, 2.45) is 5.73 Å². The number of hydrogen-bond acceptors (Lipinski definition) is 9. The molecule has 0 aromatic rings. The molecule has 0 aliphatic heterocycles. The molecule has 0 amide bonds. The number of carboxylic acids is 1. The molecule has 0 rings (SSSR count). The maximum Gasteiger partial charge on any atom is 0.472 e. The molecule has 0 aromatic heterocycles. The van der Waals surface area contributed by atoms with Gasteiger partial charge >= 0.3 is 25.7 Å². The summed E-state index contributed by atoms with van der Waals surface area (Å²) in [4.78, 5) is 45.9. The van der Waals surface area contributed by atoms with Gasteiger partial charge in [-0.05, 0) is 51.9 Å². The fourth-order valence-corrected chi connectivity index (χ4v) is 6.21. The van der Waals surface area contributed by atoms with E-state index >= 15 is 0 Å². The SMILES string of the molecule is C/C=C\C/C=C\C/C=C\C/C=C\C/C=C\C/C=C\CCC(=O)OC[C@H](COP(=O)(O)OC[C@H](N)C(=O)O)OC(=O)CCCCCCCCCCCCCCCCC. The quantitative estimate of drug-likeness (QED) is 0.0233. The zero-order chi connectivity index (χ0) is 42.1. The zero-order valence-electron chi connectivity index (χ0n) is 35.2. The van der Waals surface area contributed by atoms with Crippen molar-refractivity contribution in [3.05, 3.63) is 72.9 Å². The monoisotopic (exact) mass is 822 g/mol. The Kier molecular flexibility index (Phi) is 37.6.